The van der Waals surface area contributed by atoms with Crippen LogP contribution in [0.15, 0.2) is 12.1 Å². The number of benzene rings is 1. The highest BCUT2D eigenvalue weighted by atomic mass is 35.5. The number of amides is 1. The molecule has 1 amide bonds. The van der Waals surface area contributed by atoms with Crippen LogP contribution in [0.1, 0.15) is 30.9 Å². The van der Waals surface area contributed by atoms with Gasteiger partial charge in [0, 0.05) is 19.5 Å². The van der Waals surface area contributed by atoms with E-state index >= 15 is 0 Å². The summed E-state index contributed by atoms with van der Waals surface area (Å²) in [6, 6.07) is 3.65. The summed E-state index contributed by atoms with van der Waals surface area (Å²) in [5, 5.41) is 0.499. The molecular formula is C13H18BClN2O3S. The lowest BCUT2D eigenvalue weighted by Gasteiger charge is -2.30. The average molecular weight is 329 g/mol. The molecule has 1 N–H and O–H groups in total. The highest BCUT2D eigenvalue weighted by Gasteiger charge is 2.26. The number of rotatable bonds is 5. The van der Waals surface area contributed by atoms with E-state index in [1.165, 1.54) is 0 Å². The molecule has 2 rings (SSSR count). The van der Waals surface area contributed by atoms with Crippen molar-refractivity contribution in [3.8, 4) is 0 Å². The Labute approximate surface area is 131 Å². The topological polar surface area (TPSA) is 66.5 Å². The molecule has 0 bridgehead atoms. The lowest BCUT2D eigenvalue weighted by molar-refractivity contribution is -0.118. The van der Waals surface area contributed by atoms with Crippen molar-refractivity contribution in [2.45, 2.75) is 32.7 Å². The van der Waals surface area contributed by atoms with Gasteiger partial charge in [0.15, 0.2) is 9.87 Å². The number of hydrogen-bond donors (Lipinski definition) is 1. The van der Waals surface area contributed by atoms with Gasteiger partial charge < -0.3 is 4.90 Å². The second kappa shape index (κ2) is 6.38. The summed E-state index contributed by atoms with van der Waals surface area (Å²) in [4.78, 5) is 13.7. The summed E-state index contributed by atoms with van der Waals surface area (Å²) in [5.74, 6) is 0.0910. The minimum Gasteiger partial charge on any atom is -0.311 e. The largest absolute Gasteiger partial charge is 0.311 e. The monoisotopic (exact) mass is 328 g/mol. The van der Waals surface area contributed by atoms with Crippen molar-refractivity contribution in [1.82, 2.24) is 4.72 Å². The van der Waals surface area contributed by atoms with Crippen molar-refractivity contribution >= 4 is 40.2 Å². The van der Waals surface area contributed by atoms with E-state index in [2.05, 4.69) is 4.72 Å². The number of hydrogen-bond acceptors (Lipinski definition) is 3. The predicted octanol–water partition coefficient (Wildman–Crippen LogP) is 0.997. The Kier molecular flexibility index (Phi) is 4.96. The Bertz CT molecular complexity index is 664. The maximum Gasteiger partial charge on any atom is 0.275 e. The number of anilines is 1. The van der Waals surface area contributed by atoms with Crippen molar-refractivity contribution in [1.29, 1.82) is 0 Å². The number of carbonyl (C=O) groups excluding carboxylic acids is 1. The third kappa shape index (κ3) is 3.99. The van der Waals surface area contributed by atoms with Crippen molar-refractivity contribution in [2.75, 3.05) is 11.4 Å². The smallest absolute Gasteiger partial charge is 0.275 e. The molecule has 0 aromatic heterocycles. The number of halogens is 1. The fraction of sp³-hybridized carbons (Fsp3) is 0.462. The molecule has 8 heteroatoms. The van der Waals surface area contributed by atoms with E-state index in [-0.39, 0.29) is 12.5 Å². The number of nitrogens with zero attached hydrogens (tertiary/aromatic N) is 1. The summed E-state index contributed by atoms with van der Waals surface area (Å²) in [6.07, 6.45) is 1.96. The zero-order valence-electron chi connectivity index (χ0n) is 12.1. The van der Waals surface area contributed by atoms with Crippen LogP contribution in [0.25, 0.3) is 0 Å². The maximum absolute atomic E-state index is 12.0. The van der Waals surface area contributed by atoms with Crippen molar-refractivity contribution in [3.63, 3.8) is 0 Å². The summed E-state index contributed by atoms with van der Waals surface area (Å²) in [5.41, 5.74) is 2.58. The van der Waals surface area contributed by atoms with Crippen LogP contribution in [-0.2, 0) is 27.6 Å². The SMILES string of the molecule is BS(=O)(=O)NCc1cc(Cl)c2c(c1)CCC(=O)N2CCC. The van der Waals surface area contributed by atoms with Crippen LogP contribution < -0.4 is 9.62 Å². The Morgan fingerprint density at radius 1 is 1.38 bits per heavy atom. The van der Waals surface area contributed by atoms with E-state index < -0.39 is 9.87 Å². The minimum absolute atomic E-state index is 0.0910. The molecule has 0 saturated carbocycles. The lowest BCUT2D eigenvalue weighted by Crippen LogP contribution is -2.36. The van der Waals surface area contributed by atoms with Crippen LogP contribution in [-0.4, -0.2) is 28.0 Å². The van der Waals surface area contributed by atoms with Crippen molar-refractivity contribution in [3.05, 3.63) is 28.3 Å². The summed E-state index contributed by atoms with van der Waals surface area (Å²) in [7, 11) is -2.12. The van der Waals surface area contributed by atoms with Gasteiger partial charge in [-0.25, -0.2) is 13.1 Å². The molecule has 0 atom stereocenters. The van der Waals surface area contributed by atoms with Crippen LogP contribution in [0.2, 0.25) is 5.02 Å². The van der Waals surface area contributed by atoms with Gasteiger partial charge in [0.05, 0.1) is 10.7 Å². The predicted molar refractivity (Wildman–Crippen MR) is 86.7 cm³/mol. The average Bonchev–Trinajstić information content (AvgIpc) is 2.39. The first-order valence-electron chi connectivity index (χ1n) is 6.88. The Balaban J connectivity index is 2.33. The molecule has 114 valence electrons. The van der Waals surface area contributed by atoms with E-state index in [9.17, 15) is 13.2 Å². The number of nitrogens with one attached hydrogen (secondary N) is 1. The standard InChI is InChI=1S/C13H18BClN2O3S/c1-2-5-17-12(18)4-3-10-6-9(7-11(15)13(10)17)8-16-21(14,19)20/h6-7,16H,2-5,8,14H2,1H3. The Morgan fingerprint density at radius 2 is 2.10 bits per heavy atom. The van der Waals surface area contributed by atoms with E-state index in [1.807, 2.05) is 13.0 Å². The molecular weight excluding hydrogens is 310 g/mol. The van der Waals surface area contributed by atoms with Gasteiger partial charge in [0.25, 0.3) is 7.12 Å². The second-order valence-electron chi connectivity index (χ2n) is 5.22. The van der Waals surface area contributed by atoms with Gasteiger partial charge in [-0.1, -0.05) is 24.6 Å². The summed E-state index contributed by atoms with van der Waals surface area (Å²) in [6.45, 7) is 2.86. The molecule has 1 aliphatic heterocycles. The minimum atomic E-state index is -3.24. The molecule has 0 saturated heterocycles. The van der Waals surface area contributed by atoms with Gasteiger partial charge >= 0.3 is 0 Å². The van der Waals surface area contributed by atoms with Gasteiger partial charge in [0.2, 0.25) is 5.91 Å². The van der Waals surface area contributed by atoms with Crippen LogP contribution in [0.4, 0.5) is 5.69 Å². The van der Waals surface area contributed by atoms with Gasteiger partial charge in [0.1, 0.15) is 0 Å². The molecule has 0 spiro atoms. The van der Waals surface area contributed by atoms with Gasteiger partial charge in [-0.2, -0.15) is 0 Å². The Hall–Kier alpha value is -1.05. The quantitative estimate of drug-likeness (QED) is 0.820. The van der Waals surface area contributed by atoms with Crippen LogP contribution >= 0.6 is 11.6 Å². The molecule has 1 aliphatic rings. The zero-order valence-corrected chi connectivity index (χ0v) is 13.7. The van der Waals surface area contributed by atoms with Crippen LogP contribution in [0.3, 0.4) is 0 Å². The van der Waals surface area contributed by atoms with E-state index in [0.29, 0.717) is 24.4 Å². The molecule has 21 heavy (non-hydrogen) atoms. The van der Waals surface area contributed by atoms with Gasteiger partial charge in [-0.3, -0.25) is 4.79 Å². The third-order valence-corrected chi connectivity index (χ3v) is 4.32. The zero-order chi connectivity index (χ0) is 15.6. The molecule has 0 fully saturated rings. The molecule has 0 aliphatic carbocycles. The Morgan fingerprint density at radius 3 is 2.71 bits per heavy atom. The number of fused-ring (bicyclic) bond motifs is 1. The lowest BCUT2D eigenvalue weighted by atomic mass is 9.98. The second-order valence-corrected chi connectivity index (χ2v) is 7.46. The molecule has 0 unspecified atom stereocenters. The van der Waals surface area contributed by atoms with Crippen LogP contribution in [0.5, 0.6) is 0 Å². The highest BCUT2D eigenvalue weighted by Crippen LogP contribution is 2.36. The number of carbonyl (C=O) groups is 1. The van der Waals surface area contributed by atoms with Gasteiger partial charge in [-0.15, -0.1) is 0 Å². The normalized spacial score (nSPS) is 15.1. The van der Waals surface area contributed by atoms with E-state index in [0.717, 1.165) is 30.4 Å². The summed E-state index contributed by atoms with van der Waals surface area (Å²) < 4.78 is 24.8. The highest BCUT2D eigenvalue weighted by molar-refractivity contribution is 8.10. The number of aryl methyl sites for hydroxylation is 1. The maximum atomic E-state index is 12.0. The molecule has 1 aromatic rings. The fourth-order valence-corrected chi connectivity index (χ4v) is 3.28. The van der Waals surface area contributed by atoms with Crippen LogP contribution in [0, 0.1) is 0 Å². The molecule has 0 radical (unpaired) electrons. The van der Waals surface area contributed by atoms with E-state index in [4.69, 9.17) is 11.6 Å². The first kappa shape index (κ1) is 16.3. The first-order valence-corrected chi connectivity index (χ1v) is 9.15. The summed E-state index contributed by atoms with van der Waals surface area (Å²) >= 11 is 6.32. The fourth-order valence-electron chi connectivity index (χ4n) is 2.49. The first-order chi connectivity index (χ1) is 9.81. The van der Waals surface area contributed by atoms with Crippen molar-refractivity contribution in [2.24, 2.45) is 0 Å². The van der Waals surface area contributed by atoms with Gasteiger partial charge in [-0.05, 0) is 30.0 Å². The molecule has 5 nitrogen and oxygen atoms in total. The van der Waals surface area contributed by atoms with Crippen molar-refractivity contribution < 1.29 is 13.2 Å². The molecule has 1 heterocycles. The third-order valence-electron chi connectivity index (χ3n) is 3.37. The molecule has 1 aromatic carbocycles. The van der Waals surface area contributed by atoms with E-state index in [1.54, 1.807) is 11.0 Å².